The smallest absolute Gasteiger partial charge is 0.224 e. The normalized spacial score (nSPS) is 10.6. The Kier molecular flexibility index (Phi) is 10.7. The zero-order valence-electron chi connectivity index (χ0n) is 15.3. The number of benzene rings is 1. The zero-order chi connectivity index (χ0) is 17.6. The quantitative estimate of drug-likeness (QED) is 0.518. The van der Waals surface area contributed by atoms with Gasteiger partial charge in [0.1, 0.15) is 0 Å². The maximum Gasteiger partial charge on any atom is 0.224 e. The number of amides is 1. The van der Waals surface area contributed by atoms with E-state index in [1.54, 1.807) is 18.2 Å². The number of nitrogens with one attached hydrogen (secondary N) is 1. The van der Waals surface area contributed by atoms with Crippen molar-refractivity contribution >= 4 is 5.91 Å². The number of hydrogen-bond donors (Lipinski definition) is 2. The average Bonchev–Trinajstić information content (AvgIpc) is 2.58. The minimum absolute atomic E-state index is 0.0160. The van der Waals surface area contributed by atoms with E-state index < -0.39 is 0 Å². The van der Waals surface area contributed by atoms with Gasteiger partial charge in [0.25, 0.3) is 0 Å². The van der Waals surface area contributed by atoms with Gasteiger partial charge in [-0.3, -0.25) is 4.79 Å². The van der Waals surface area contributed by atoms with Crippen LogP contribution in [0.1, 0.15) is 70.3 Å². The van der Waals surface area contributed by atoms with Crippen LogP contribution in [0.2, 0.25) is 0 Å². The molecule has 0 fully saturated rings. The summed E-state index contributed by atoms with van der Waals surface area (Å²) in [5, 5.41) is 12.5. The molecule has 0 saturated heterocycles. The van der Waals surface area contributed by atoms with E-state index in [0.717, 1.165) is 18.5 Å². The molecule has 0 unspecified atom stereocenters. The fourth-order valence-corrected chi connectivity index (χ4v) is 2.74. The van der Waals surface area contributed by atoms with Crippen molar-refractivity contribution in [3.8, 4) is 11.5 Å². The molecule has 4 nitrogen and oxygen atoms in total. The van der Waals surface area contributed by atoms with Gasteiger partial charge in [0.05, 0.1) is 13.5 Å². The predicted molar refractivity (Wildman–Crippen MR) is 98.6 cm³/mol. The molecule has 0 atom stereocenters. The third kappa shape index (κ3) is 8.80. The van der Waals surface area contributed by atoms with Gasteiger partial charge < -0.3 is 15.2 Å². The Labute approximate surface area is 146 Å². The summed E-state index contributed by atoms with van der Waals surface area (Å²) < 4.78 is 5.05. The van der Waals surface area contributed by atoms with Crippen molar-refractivity contribution in [3.05, 3.63) is 23.8 Å². The first-order valence-electron chi connectivity index (χ1n) is 9.30. The first-order chi connectivity index (χ1) is 11.7. The van der Waals surface area contributed by atoms with E-state index in [4.69, 9.17) is 4.74 Å². The SMILES string of the molecule is CCCCCCCCCCCNC(=O)Cc1ccc(O)c(OC)c1. The van der Waals surface area contributed by atoms with E-state index in [0.29, 0.717) is 12.2 Å². The second kappa shape index (κ2) is 12.7. The van der Waals surface area contributed by atoms with Gasteiger partial charge in [-0.15, -0.1) is 0 Å². The van der Waals surface area contributed by atoms with E-state index >= 15 is 0 Å². The summed E-state index contributed by atoms with van der Waals surface area (Å²) in [6.07, 6.45) is 11.8. The lowest BCUT2D eigenvalue weighted by molar-refractivity contribution is -0.120. The third-order valence-electron chi connectivity index (χ3n) is 4.21. The number of hydrogen-bond acceptors (Lipinski definition) is 3. The molecule has 0 aliphatic heterocycles. The van der Waals surface area contributed by atoms with Crippen LogP contribution in [0.15, 0.2) is 18.2 Å². The molecule has 0 aliphatic carbocycles. The number of rotatable bonds is 13. The van der Waals surface area contributed by atoms with Crippen LogP contribution < -0.4 is 10.1 Å². The second-order valence-electron chi connectivity index (χ2n) is 6.36. The molecule has 1 rings (SSSR count). The van der Waals surface area contributed by atoms with Crippen LogP contribution in [0, 0.1) is 0 Å². The molecule has 24 heavy (non-hydrogen) atoms. The Bertz CT molecular complexity index is 474. The van der Waals surface area contributed by atoms with Crippen LogP contribution in [0.5, 0.6) is 11.5 Å². The fourth-order valence-electron chi connectivity index (χ4n) is 2.74. The topological polar surface area (TPSA) is 58.6 Å². The van der Waals surface area contributed by atoms with E-state index in [9.17, 15) is 9.90 Å². The van der Waals surface area contributed by atoms with Gasteiger partial charge in [-0.2, -0.15) is 0 Å². The van der Waals surface area contributed by atoms with E-state index in [-0.39, 0.29) is 11.7 Å². The fraction of sp³-hybridized carbons (Fsp3) is 0.650. The Balaban J connectivity index is 2.06. The number of phenolic OH excluding ortho intramolecular Hbond substituents is 1. The summed E-state index contributed by atoms with van der Waals surface area (Å²) in [6.45, 7) is 2.98. The molecule has 0 bridgehead atoms. The Morgan fingerprint density at radius 3 is 2.29 bits per heavy atom. The lowest BCUT2D eigenvalue weighted by Crippen LogP contribution is -2.26. The average molecular weight is 335 g/mol. The molecule has 0 aliphatic rings. The molecule has 1 aromatic rings. The maximum absolute atomic E-state index is 11.9. The molecule has 1 amide bonds. The van der Waals surface area contributed by atoms with Crippen molar-refractivity contribution in [2.75, 3.05) is 13.7 Å². The minimum Gasteiger partial charge on any atom is -0.504 e. The highest BCUT2D eigenvalue weighted by molar-refractivity contribution is 5.78. The number of phenols is 1. The second-order valence-corrected chi connectivity index (χ2v) is 6.36. The Morgan fingerprint density at radius 1 is 1.04 bits per heavy atom. The molecular weight excluding hydrogens is 302 g/mol. The third-order valence-corrected chi connectivity index (χ3v) is 4.21. The first kappa shape index (κ1) is 20.3. The minimum atomic E-state index is 0.0160. The molecule has 1 aromatic carbocycles. The Hall–Kier alpha value is -1.71. The van der Waals surface area contributed by atoms with Crippen molar-refractivity contribution < 1.29 is 14.6 Å². The number of carbonyl (C=O) groups excluding carboxylic acids is 1. The predicted octanol–water partition coefficient (Wildman–Crippen LogP) is 4.59. The van der Waals surface area contributed by atoms with Crippen molar-refractivity contribution in [2.45, 2.75) is 71.1 Å². The van der Waals surface area contributed by atoms with Crippen molar-refractivity contribution in [1.82, 2.24) is 5.32 Å². The van der Waals surface area contributed by atoms with Crippen molar-refractivity contribution in [3.63, 3.8) is 0 Å². The summed E-state index contributed by atoms with van der Waals surface area (Å²) in [5.41, 5.74) is 0.842. The largest absolute Gasteiger partial charge is 0.504 e. The van der Waals surface area contributed by atoms with Crippen LogP contribution in [-0.2, 0) is 11.2 Å². The summed E-state index contributed by atoms with van der Waals surface area (Å²) in [6, 6.07) is 5.01. The standard InChI is InChI=1S/C20H33NO3/c1-3-4-5-6-7-8-9-10-11-14-21-20(23)16-17-12-13-18(22)19(15-17)24-2/h12-13,15,22H,3-11,14,16H2,1-2H3,(H,21,23). The highest BCUT2D eigenvalue weighted by Crippen LogP contribution is 2.26. The van der Waals surface area contributed by atoms with Gasteiger partial charge in [-0.05, 0) is 24.1 Å². The lowest BCUT2D eigenvalue weighted by Gasteiger charge is -2.08. The molecule has 0 saturated carbocycles. The van der Waals surface area contributed by atoms with Crippen LogP contribution in [0.25, 0.3) is 0 Å². The molecule has 136 valence electrons. The first-order valence-corrected chi connectivity index (χ1v) is 9.30. The molecule has 0 aromatic heterocycles. The van der Waals surface area contributed by atoms with Crippen molar-refractivity contribution in [1.29, 1.82) is 0 Å². The summed E-state index contributed by atoms with van der Waals surface area (Å²) in [4.78, 5) is 11.9. The van der Waals surface area contributed by atoms with Gasteiger partial charge in [-0.25, -0.2) is 0 Å². The molecule has 0 spiro atoms. The van der Waals surface area contributed by atoms with Gasteiger partial charge in [0, 0.05) is 6.54 Å². The molecule has 4 heteroatoms. The van der Waals surface area contributed by atoms with E-state index in [1.165, 1.54) is 58.5 Å². The van der Waals surface area contributed by atoms with E-state index in [2.05, 4.69) is 12.2 Å². The number of methoxy groups -OCH3 is 1. The van der Waals surface area contributed by atoms with Crippen molar-refractivity contribution in [2.24, 2.45) is 0 Å². The van der Waals surface area contributed by atoms with Gasteiger partial charge in [0.2, 0.25) is 5.91 Å². The van der Waals surface area contributed by atoms with Crippen LogP contribution >= 0.6 is 0 Å². The number of aromatic hydroxyl groups is 1. The maximum atomic E-state index is 11.9. The number of carbonyl (C=O) groups is 1. The monoisotopic (exact) mass is 335 g/mol. The number of unbranched alkanes of at least 4 members (excludes halogenated alkanes) is 8. The Morgan fingerprint density at radius 2 is 1.67 bits per heavy atom. The van der Waals surface area contributed by atoms with Crippen LogP contribution in [0.3, 0.4) is 0 Å². The summed E-state index contributed by atoms with van der Waals surface area (Å²) in [7, 11) is 1.50. The molecule has 0 heterocycles. The van der Waals surface area contributed by atoms with Gasteiger partial charge in [-0.1, -0.05) is 64.4 Å². The van der Waals surface area contributed by atoms with Crippen LogP contribution in [0.4, 0.5) is 0 Å². The highest BCUT2D eigenvalue weighted by Gasteiger charge is 2.07. The lowest BCUT2D eigenvalue weighted by atomic mass is 10.1. The van der Waals surface area contributed by atoms with E-state index in [1.807, 2.05) is 0 Å². The summed E-state index contributed by atoms with van der Waals surface area (Å²) >= 11 is 0. The summed E-state index contributed by atoms with van der Waals surface area (Å²) in [5.74, 6) is 0.512. The number of ether oxygens (including phenoxy) is 1. The molecule has 2 N–H and O–H groups in total. The molecule has 0 radical (unpaired) electrons. The van der Waals surface area contributed by atoms with Crippen LogP contribution in [-0.4, -0.2) is 24.7 Å². The van der Waals surface area contributed by atoms with Gasteiger partial charge in [0.15, 0.2) is 11.5 Å². The van der Waals surface area contributed by atoms with Gasteiger partial charge >= 0.3 is 0 Å². The zero-order valence-corrected chi connectivity index (χ0v) is 15.3. The molecular formula is C20H33NO3. The highest BCUT2D eigenvalue weighted by atomic mass is 16.5.